The van der Waals surface area contributed by atoms with E-state index in [0.717, 1.165) is 29.4 Å². The largest absolute Gasteiger partial charge is 0.364 e. The molecule has 1 amide bonds. The van der Waals surface area contributed by atoms with E-state index >= 15 is 0 Å². The highest BCUT2D eigenvalue weighted by Crippen LogP contribution is 2.21. The van der Waals surface area contributed by atoms with Crippen LogP contribution in [0.5, 0.6) is 0 Å². The van der Waals surface area contributed by atoms with Gasteiger partial charge in [0, 0.05) is 22.5 Å². The lowest BCUT2D eigenvalue weighted by Crippen LogP contribution is -3.16. The van der Waals surface area contributed by atoms with E-state index in [1.807, 2.05) is 30.5 Å². The third-order valence-corrected chi connectivity index (χ3v) is 5.28. The number of carbonyl (C=O) groups is 1. The van der Waals surface area contributed by atoms with Crippen molar-refractivity contribution in [1.29, 1.82) is 0 Å². The third-order valence-electron chi connectivity index (χ3n) is 4.12. The van der Waals surface area contributed by atoms with Gasteiger partial charge >= 0.3 is 0 Å². The van der Waals surface area contributed by atoms with Gasteiger partial charge in [0.25, 0.3) is 5.91 Å². The number of aromatic nitrogens is 1. The van der Waals surface area contributed by atoms with Gasteiger partial charge in [-0.3, -0.25) is 10.1 Å². The van der Waals surface area contributed by atoms with Crippen LogP contribution in [0.15, 0.2) is 30.5 Å². The average molecular weight is 381 g/mol. The molecule has 1 aliphatic rings. The second kappa shape index (κ2) is 8.27. The number of hydrogen-bond donors (Lipinski definition) is 2. The van der Waals surface area contributed by atoms with Crippen LogP contribution in [0, 0.1) is 0 Å². The third kappa shape index (κ3) is 5.51. The van der Waals surface area contributed by atoms with Crippen molar-refractivity contribution in [2.24, 2.45) is 0 Å². The highest BCUT2D eigenvalue weighted by Gasteiger charge is 2.27. The standard InChI is InChI=1S/C18H22ClN3O2S/c1-12-9-22(10-13(2)24-12)11-17(23)21-18-20-8-16(25-18)7-14-3-5-15(19)6-4-14/h3-6,8,12-13H,7,9-11H2,1-2H3,(H,20,21,23)/p+1/t12-,13+. The summed E-state index contributed by atoms with van der Waals surface area (Å²) in [6.45, 7) is 6.27. The van der Waals surface area contributed by atoms with Gasteiger partial charge in [-0.15, -0.1) is 11.3 Å². The Labute approximate surface area is 157 Å². The Morgan fingerprint density at radius 1 is 1.32 bits per heavy atom. The van der Waals surface area contributed by atoms with E-state index in [9.17, 15) is 4.79 Å². The van der Waals surface area contributed by atoms with Gasteiger partial charge in [-0.25, -0.2) is 4.98 Å². The van der Waals surface area contributed by atoms with Gasteiger partial charge in [-0.2, -0.15) is 0 Å². The van der Waals surface area contributed by atoms with Crippen LogP contribution in [-0.4, -0.2) is 42.7 Å². The van der Waals surface area contributed by atoms with Gasteiger partial charge < -0.3 is 9.64 Å². The number of anilines is 1. The second-order valence-corrected chi connectivity index (χ2v) is 8.13. The minimum atomic E-state index is 0.00342. The van der Waals surface area contributed by atoms with Crippen molar-refractivity contribution in [3.05, 3.63) is 45.9 Å². The molecule has 1 aliphatic heterocycles. The van der Waals surface area contributed by atoms with E-state index in [1.54, 1.807) is 0 Å². The molecule has 1 aromatic heterocycles. The summed E-state index contributed by atoms with van der Waals surface area (Å²) >= 11 is 7.42. The maximum Gasteiger partial charge on any atom is 0.281 e. The summed E-state index contributed by atoms with van der Waals surface area (Å²) < 4.78 is 5.71. The summed E-state index contributed by atoms with van der Waals surface area (Å²) in [5.41, 5.74) is 1.17. The number of nitrogens with one attached hydrogen (secondary N) is 2. The van der Waals surface area contributed by atoms with Crippen molar-refractivity contribution in [3.8, 4) is 0 Å². The van der Waals surface area contributed by atoms with E-state index in [0.29, 0.717) is 11.7 Å². The molecule has 2 aromatic rings. The first kappa shape index (κ1) is 18.3. The number of benzene rings is 1. The molecule has 0 saturated carbocycles. The second-order valence-electron chi connectivity index (χ2n) is 6.58. The Morgan fingerprint density at radius 3 is 2.68 bits per heavy atom. The molecule has 1 unspecified atom stereocenters. The van der Waals surface area contributed by atoms with E-state index in [1.165, 1.54) is 21.8 Å². The number of nitrogens with zero attached hydrogens (tertiary/aromatic N) is 1. The van der Waals surface area contributed by atoms with E-state index in [4.69, 9.17) is 16.3 Å². The molecule has 134 valence electrons. The summed E-state index contributed by atoms with van der Waals surface area (Å²) in [6, 6.07) is 7.77. The molecule has 1 aromatic carbocycles. The fraction of sp³-hybridized carbons (Fsp3) is 0.444. The van der Waals surface area contributed by atoms with E-state index < -0.39 is 0 Å². The Balaban J connectivity index is 1.52. The SMILES string of the molecule is C[C@@H]1C[NH+](CC(=O)Nc2ncc(Cc3ccc(Cl)cc3)s2)C[C@H](C)O1. The van der Waals surface area contributed by atoms with E-state index in [-0.39, 0.29) is 18.1 Å². The number of ether oxygens (including phenoxy) is 1. The zero-order valence-electron chi connectivity index (χ0n) is 14.4. The van der Waals surface area contributed by atoms with Crippen LogP contribution in [0.4, 0.5) is 5.13 Å². The van der Waals surface area contributed by atoms with Crippen LogP contribution in [0.3, 0.4) is 0 Å². The lowest BCUT2D eigenvalue weighted by atomic mass is 10.1. The Bertz CT molecular complexity index is 709. The van der Waals surface area contributed by atoms with Crippen molar-refractivity contribution in [3.63, 3.8) is 0 Å². The number of carbonyl (C=O) groups excluding carboxylic acids is 1. The zero-order chi connectivity index (χ0) is 17.8. The van der Waals surface area contributed by atoms with Crippen molar-refractivity contribution in [1.82, 2.24) is 4.98 Å². The number of amides is 1. The molecular formula is C18H23ClN3O2S+. The molecule has 0 bridgehead atoms. The van der Waals surface area contributed by atoms with Gasteiger partial charge in [-0.05, 0) is 31.5 Å². The van der Waals surface area contributed by atoms with Gasteiger partial charge in [-0.1, -0.05) is 23.7 Å². The van der Waals surface area contributed by atoms with Crippen molar-refractivity contribution in [2.75, 3.05) is 25.0 Å². The Morgan fingerprint density at radius 2 is 2.00 bits per heavy atom. The van der Waals surface area contributed by atoms with Crippen LogP contribution in [0.25, 0.3) is 0 Å². The number of rotatable bonds is 5. The first-order valence-electron chi connectivity index (χ1n) is 8.46. The normalized spacial score (nSPS) is 23.4. The number of halogens is 1. The quantitative estimate of drug-likeness (QED) is 0.834. The summed E-state index contributed by atoms with van der Waals surface area (Å²) in [5.74, 6) is 0.00342. The Kier molecular flexibility index (Phi) is 6.06. The van der Waals surface area contributed by atoms with Crippen molar-refractivity contribution >= 4 is 34.0 Å². The van der Waals surface area contributed by atoms with Gasteiger partial charge in [0.1, 0.15) is 25.3 Å². The highest BCUT2D eigenvalue weighted by atomic mass is 35.5. The Hall–Kier alpha value is -1.47. The van der Waals surface area contributed by atoms with Gasteiger partial charge in [0.05, 0.1) is 0 Å². The predicted octanol–water partition coefficient (Wildman–Crippen LogP) is 2.02. The molecule has 0 spiro atoms. The van der Waals surface area contributed by atoms with Crippen LogP contribution >= 0.6 is 22.9 Å². The van der Waals surface area contributed by atoms with Crippen LogP contribution in [-0.2, 0) is 16.0 Å². The molecule has 1 saturated heterocycles. The minimum Gasteiger partial charge on any atom is -0.364 e. The van der Waals surface area contributed by atoms with E-state index in [2.05, 4.69) is 24.1 Å². The predicted molar refractivity (Wildman–Crippen MR) is 101 cm³/mol. The monoisotopic (exact) mass is 380 g/mol. The van der Waals surface area contributed by atoms with Crippen LogP contribution < -0.4 is 10.2 Å². The topological polar surface area (TPSA) is 55.7 Å². The lowest BCUT2D eigenvalue weighted by Gasteiger charge is -2.31. The molecule has 3 rings (SSSR count). The molecule has 2 N–H and O–H groups in total. The number of thiazole rings is 1. The van der Waals surface area contributed by atoms with Crippen LogP contribution in [0.2, 0.25) is 5.02 Å². The minimum absolute atomic E-state index is 0.00342. The number of quaternary nitrogens is 1. The first-order chi connectivity index (χ1) is 12.0. The maximum atomic E-state index is 12.3. The molecule has 25 heavy (non-hydrogen) atoms. The highest BCUT2D eigenvalue weighted by molar-refractivity contribution is 7.15. The molecule has 0 radical (unpaired) electrons. The molecule has 0 aliphatic carbocycles. The van der Waals surface area contributed by atoms with Gasteiger partial charge in [0.2, 0.25) is 0 Å². The summed E-state index contributed by atoms with van der Waals surface area (Å²) in [6.07, 6.45) is 2.99. The summed E-state index contributed by atoms with van der Waals surface area (Å²) in [7, 11) is 0. The molecule has 3 atom stereocenters. The molecule has 2 heterocycles. The molecule has 5 nitrogen and oxygen atoms in total. The van der Waals surface area contributed by atoms with Crippen molar-refractivity contribution in [2.45, 2.75) is 32.5 Å². The summed E-state index contributed by atoms with van der Waals surface area (Å²) in [5, 5.41) is 4.31. The fourth-order valence-electron chi connectivity index (χ4n) is 3.17. The first-order valence-corrected chi connectivity index (χ1v) is 9.65. The molecule has 7 heteroatoms. The fourth-order valence-corrected chi connectivity index (χ4v) is 4.16. The number of morpholine rings is 1. The maximum absolute atomic E-state index is 12.3. The zero-order valence-corrected chi connectivity index (χ0v) is 16.0. The molecule has 1 fully saturated rings. The number of hydrogen-bond acceptors (Lipinski definition) is 4. The average Bonchev–Trinajstić information content (AvgIpc) is 2.95. The van der Waals surface area contributed by atoms with Gasteiger partial charge in [0.15, 0.2) is 11.7 Å². The van der Waals surface area contributed by atoms with Crippen LogP contribution in [0.1, 0.15) is 24.3 Å². The molecular weight excluding hydrogens is 358 g/mol. The summed E-state index contributed by atoms with van der Waals surface area (Å²) in [4.78, 5) is 19.0. The lowest BCUT2D eigenvalue weighted by molar-refractivity contribution is -0.907. The van der Waals surface area contributed by atoms with Crippen molar-refractivity contribution < 1.29 is 14.4 Å². The smallest absolute Gasteiger partial charge is 0.281 e.